The van der Waals surface area contributed by atoms with E-state index in [2.05, 4.69) is 10.1 Å². The Hall–Kier alpha value is -2.82. The predicted molar refractivity (Wildman–Crippen MR) is 94.1 cm³/mol. The third kappa shape index (κ3) is 3.40. The molecule has 0 aliphatic carbocycles. The molecule has 0 N–H and O–H groups in total. The van der Waals surface area contributed by atoms with Crippen LogP contribution in [0.4, 0.5) is 0 Å². The zero-order valence-electron chi connectivity index (χ0n) is 14.0. The molecule has 0 bridgehead atoms. The lowest BCUT2D eigenvalue weighted by atomic mass is 10.1. The van der Waals surface area contributed by atoms with E-state index in [1.54, 1.807) is 0 Å². The Kier molecular flexibility index (Phi) is 4.79. The molecule has 2 aromatic carbocycles. The summed E-state index contributed by atoms with van der Waals surface area (Å²) in [6.45, 7) is 4.59. The first-order chi connectivity index (χ1) is 11.7. The Labute approximate surface area is 141 Å². The summed E-state index contributed by atoms with van der Waals surface area (Å²) in [5, 5.41) is 4.12. The van der Waals surface area contributed by atoms with Gasteiger partial charge in [0.1, 0.15) is 24.7 Å². The van der Waals surface area contributed by atoms with Gasteiger partial charge in [-0.25, -0.2) is 4.99 Å². The molecule has 24 heavy (non-hydrogen) atoms. The number of aliphatic imine (C=N–C) groups is 1. The number of hydrogen-bond acceptors (Lipinski definition) is 5. The highest BCUT2D eigenvalue weighted by molar-refractivity contribution is 6.46. The first kappa shape index (κ1) is 16.1. The van der Waals surface area contributed by atoms with Gasteiger partial charge >= 0.3 is 0 Å². The molecule has 5 nitrogen and oxygen atoms in total. The number of nitrogens with zero attached hydrogens (tertiary/aromatic N) is 2. The average molecular weight is 324 g/mol. The van der Waals surface area contributed by atoms with Crippen molar-refractivity contribution >= 4 is 11.6 Å². The number of ether oxygens (including phenoxy) is 2. The molecule has 124 valence electrons. The molecule has 0 saturated carbocycles. The van der Waals surface area contributed by atoms with Crippen LogP contribution >= 0.6 is 0 Å². The van der Waals surface area contributed by atoms with Crippen LogP contribution in [0.2, 0.25) is 0 Å². The molecular formula is C19H20N2O3. The normalized spacial score (nSPS) is 17.2. The van der Waals surface area contributed by atoms with Crippen molar-refractivity contribution in [3.63, 3.8) is 0 Å². The van der Waals surface area contributed by atoms with E-state index in [1.807, 2.05) is 62.4 Å². The Balaban J connectivity index is 1.98. The highest BCUT2D eigenvalue weighted by Gasteiger charge is 2.25. The minimum Gasteiger partial charge on any atom is -0.471 e. The second kappa shape index (κ2) is 7.17. The predicted octanol–water partition coefficient (Wildman–Crippen LogP) is 3.96. The number of hydrogen-bond donors (Lipinski definition) is 0. The largest absolute Gasteiger partial charge is 0.471 e. The molecule has 1 aliphatic rings. The van der Waals surface area contributed by atoms with E-state index >= 15 is 0 Å². The van der Waals surface area contributed by atoms with Crippen molar-refractivity contribution in [1.29, 1.82) is 0 Å². The molecule has 3 rings (SSSR count). The first-order valence-corrected chi connectivity index (χ1v) is 7.84. The molecule has 0 unspecified atom stereocenters. The number of oxime groups is 1. The van der Waals surface area contributed by atoms with Crippen molar-refractivity contribution in [3.8, 4) is 11.5 Å². The summed E-state index contributed by atoms with van der Waals surface area (Å²) in [5.41, 5.74) is 2.36. The molecular weight excluding hydrogens is 304 g/mol. The molecule has 5 heteroatoms. The topological polar surface area (TPSA) is 52.4 Å². The lowest BCUT2D eigenvalue weighted by Crippen LogP contribution is -2.19. The molecule has 0 radical (unpaired) electrons. The van der Waals surface area contributed by atoms with Crippen LogP contribution in [0.5, 0.6) is 11.5 Å². The fourth-order valence-corrected chi connectivity index (χ4v) is 2.44. The van der Waals surface area contributed by atoms with E-state index in [1.165, 1.54) is 7.11 Å². The average Bonchev–Trinajstić information content (AvgIpc) is 3.02. The molecule has 1 atom stereocenters. The second-order valence-electron chi connectivity index (χ2n) is 5.56. The van der Waals surface area contributed by atoms with Crippen LogP contribution in [0.15, 0.2) is 58.7 Å². The Morgan fingerprint density at radius 1 is 1.12 bits per heavy atom. The van der Waals surface area contributed by atoms with Crippen LogP contribution in [-0.4, -0.2) is 31.4 Å². The van der Waals surface area contributed by atoms with Gasteiger partial charge in [0.25, 0.3) is 0 Å². The van der Waals surface area contributed by atoms with Crippen LogP contribution in [0.3, 0.4) is 0 Å². The Bertz CT molecular complexity index is 784. The summed E-state index contributed by atoms with van der Waals surface area (Å²) in [4.78, 5) is 9.41. The van der Waals surface area contributed by atoms with Crippen molar-refractivity contribution < 1.29 is 14.3 Å². The number of benzene rings is 2. The van der Waals surface area contributed by atoms with Gasteiger partial charge in [-0.1, -0.05) is 35.5 Å². The smallest absolute Gasteiger partial charge is 0.240 e. The number of rotatable bonds is 5. The van der Waals surface area contributed by atoms with Crippen molar-refractivity contribution in [2.24, 2.45) is 10.1 Å². The summed E-state index contributed by atoms with van der Waals surface area (Å²) >= 11 is 0. The lowest BCUT2D eigenvalue weighted by molar-refractivity contribution is 0.211. The summed E-state index contributed by atoms with van der Waals surface area (Å²) in [6.07, 6.45) is 0.0338. The maximum atomic E-state index is 6.11. The van der Waals surface area contributed by atoms with Gasteiger partial charge in [-0.05, 0) is 37.6 Å². The van der Waals surface area contributed by atoms with Gasteiger partial charge in [-0.15, -0.1) is 0 Å². The van der Waals surface area contributed by atoms with Crippen LogP contribution in [0.25, 0.3) is 0 Å². The van der Waals surface area contributed by atoms with Gasteiger partial charge < -0.3 is 14.3 Å². The Morgan fingerprint density at radius 3 is 2.50 bits per heavy atom. The summed E-state index contributed by atoms with van der Waals surface area (Å²) in [7, 11) is 1.50. The van der Waals surface area contributed by atoms with Gasteiger partial charge in [-0.3, -0.25) is 0 Å². The fraction of sp³-hybridized carbons (Fsp3) is 0.263. The highest BCUT2D eigenvalue weighted by atomic mass is 16.6. The molecule has 1 heterocycles. The van der Waals surface area contributed by atoms with E-state index in [0.717, 1.165) is 16.9 Å². The molecule has 0 saturated heterocycles. The molecule has 0 amide bonds. The van der Waals surface area contributed by atoms with Gasteiger partial charge in [-0.2, -0.15) is 0 Å². The summed E-state index contributed by atoms with van der Waals surface area (Å²) < 4.78 is 11.9. The van der Waals surface area contributed by atoms with E-state index in [-0.39, 0.29) is 6.10 Å². The van der Waals surface area contributed by atoms with E-state index in [0.29, 0.717) is 23.9 Å². The molecule has 0 fully saturated rings. The quantitative estimate of drug-likeness (QED) is 0.618. The molecule has 2 aromatic rings. The summed E-state index contributed by atoms with van der Waals surface area (Å²) in [6, 6.07) is 15.5. The zero-order valence-corrected chi connectivity index (χ0v) is 14.0. The highest BCUT2D eigenvalue weighted by Crippen LogP contribution is 2.29. The van der Waals surface area contributed by atoms with E-state index < -0.39 is 0 Å². The van der Waals surface area contributed by atoms with E-state index in [4.69, 9.17) is 14.3 Å². The summed E-state index contributed by atoms with van der Waals surface area (Å²) in [5.74, 6) is 1.95. The monoisotopic (exact) mass is 324 g/mol. The van der Waals surface area contributed by atoms with Gasteiger partial charge in [0.2, 0.25) is 5.90 Å². The van der Waals surface area contributed by atoms with Crippen molar-refractivity contribution in [2.45, 2.75) is 20.0 Å². The zero-order chi connectivity index (χ0) is 16.9. The SMILES string of the molecule is CON=C(C1=NC[C@@H](C)O1)c1ccccc1Oc1ccccc1C. The molecule has 1 aliphatic heterocycles. The first-order valence-electron chi connectivity index (χ1n) is 7.84. The van der Waals surface area contributed by atoms with Crippen molar-refractivity contribution in [3.05, 3.63) is 59.7 Å². The van der Waals surface area contributed by atoms with Gasteiger partial charge in [0.05, 0.1) is 12.1 Å². The van der Waals surface area contributed by atoms with Crippen LogP contribution in [0, 0.1) is 6.92 Å². The van der Waals surface area contributed by atoms with Crippen LogP contribution in [0.1, 0.15) is 18.1 Å². The Morgan fingerprint density at radius 2 is 1.83 bits per heavy atom. The van der Waals surface area contributed by atoms with E-state index in [9.17, 15) is 0 Å². The minimum absolute atomic E-state index is 0.0338. The van der Waals surface area contributed by atoms with Crippen LogP contribution in [-0.2, 0) is 9.57 Å². The van der Waals surface area contributed by atoms with Crippen molar-refractivity contribution in [2.75, 3.05) is 13.7 Å². The third-order valence-corrected chi connectivity index (χ3v) is 3.65. The fourth-order valence-electron chi connectivity index (χ4n) is 2.44. The van der Waals surface area contributed by atoms with Gasteiger partial charge in [0, 0.05) is 0 Å². The van der Waals surface area contributed by atoms with Gasteiger partial charge in [0.15, 0.2) is 5.71 Å². The van der Waals surface area contributed by atoms with Crippen LogP contribution < -0.4 is 4.74 Å². The maximum absolute atomic E-state index is 6.11. The maximum Gasteiger partial charge on any atom is 0.240 e. The molecule has 0 spiro atoms. The minimum atomic E-state index is 0.0338. The lowest BCUT2D eigenvalue weighted by Gasteiger charge is -2.14. The third-order valence-electron chi connectivity index (χ3n) is 3.65. The number of para-hydroxylation sites is 2. The number of aryl methyl sites for hydroxylation is 1. The second-order valence-corrected chi connectivity index (χ2v) is 5.56. The standard InChI is InChI=1S/C19H20N2O3/c1-13-8-4-6-10-16(13)24-17-11-7-5-9-15(17)18(21-22-3)19-20-12-14(2)23-19/h4-11,14H,12H2,1-3H3/t14-/m1/s1. The van der Waals surface area contributed by atoms with Crippen molar-refractivity contribution in [1.82, 2.24) is 0 Å². The molecule has 0 aromatic heterocycles.